The van der Waals surface area contributed by atoms with Crippen molar-refractivity contribution in [1.29, 1.82) is 0 Å². The minimum Gasteiger partial charge on any atom is -0.493 e. The van der Waals surface area contributed by atoms with Crippen molar-refractivity contribution in [3.63, 3.8) is 0 Å². The van der Waals surface area contributed by atoms with Crippen molar-refractivity contribution >= 4 is 17.6 Å². The fourth-order valence-electron chi connectivity index (χ4n) is 1.90. The summed E-state index contributed by atoms with van der Waals surface area (Å²) in [7, 11) is 0. The minimum atomic E-state index is -1.01. The lowest BCUT2D eigenvalue weighted by atomic mass is 9.99. The fraction of sp³-hybridized carbons (Fsp3) is 0.133. The number of benzene rings is 2. The van der Waals surface area contributed by atoms with Gasteiger partial charge in [0.25, 0.3) is 0 Å². The zero-order valence-corrected chi connectivity index (χ0v) is 11.1. The molecule has 0 unspecified atom stereocenters. The van der Waals surface area contributed by atoms with E-state index in [1.807, 2.05) is 31.2 Å². The molecular formula is C15H13ClO3. The summed E-state index contributed by atoms with van der Waals surface area (Å²) in [4.78, 5) is 11.3. The summed E-state index contributed by atoms with van der Waals surface area (Å²) >= 11 is 5.85. The van der Waals surface area contributed by atoms with Gasteiger partial charge in [-0.1, -0.05) is 35.9 Å². The first-order valence-electron chi connectivity index (χ1n) is 5.88. The molecule has 4 heteroatoms. The predicted molar refractivity (Wildman–Crippen MR) is 75.0 cm³/mol. The van der Waals surface area contributed by atoms with Gasteiger partial charge >= 0.3 is 5.97 Å². The Kier molecular flexibility index (Phi) is 4.07. The summed E-state index contributed by atoms with van der Waals surface area (Å²) in [5.74, 6) is -0.348. The molecule has 0 spiro atoms. The molecule has 0 aliphatic heterocycles. The molecule has 0 radical (unpaired) electrons. The second-order valence-corrected chi connectivity index (χ2v) is 4.36. The van der Waals surface area contributed by atoms with Gasteiger partial charge in [0.05, 0.1) is 12.2 Å². The molecule has 0 heterocycles. The summed E-state index contributed by atoms with van der Waals surface area (Å²) in [6.07, 6.45) is 0. The Balaban J connectivity index is 2.62. The summed E-state index contributed by atoms with van der Waals surface area (Å²) in [6.45, 7) is 2.41. The number of rotatable bonds is 4. The van der Waals surface area contributed by atoms with Crippen molar-refractivity contribution in [2.24, 2.45) is 0 Å². The Morgan fingerprint density at radius 2 is 1.95 bits per heavy atom. The molecule has 0 bridgehead atoms. The van der Waals surface area contributed by atoms with Gasteiger partial charge in [0.1, 0.15) is 5.75 Å². The van der Waals surface area contributed by atoms with E-state index in [1.165, 1.54) is 6.07 Å². The molecule has 3 nitrogen and oxygen atoms in total. The molecule has 0 aliphatic rings. The number of carboxylic acids is 1. The smallest absolute Gasteiger partial charge is 0.336 e. The van der Waals surface area contributed by atoms with Crippen LogP contribution in [-0.2, 0) is 0 Å². The number of ether oxygens (including phenoxy) is 1. The van der Waals surface area contributed by atoms with Crippen LogP contribution < -0.4 is 4.74 Å². The summed E-state index contributed by atoms with van der Waals surface area (Å²) < 4.78 is 5.53. The van der Waals surface area contributed by atoms with Gasteiger partial charge in [-0.15, -0.1) is 0 Å². The van der Waals surface area contributed by atoms with Gasteiger partial charge in [0.15, 0.2) is 0 Å². The van der Waals surface area contributed by atoms with Crippen molar-refractivity contribution in [3.8, 4) is 16.9 Å². The average Bonchev–Trinajstić information content (AvgIpc) is 2.40. The Morgan fingerprint density at radius 3 is 2.63 bits per heavy atom. The van der Waals surface area contributed by atoms with E-state index in [-0.39, 0.29) is 5.56 Å². The highest BCUT2D eigenvalue weighted by Gasteiger charge is 2.15. The molecule has 0 fully saturated rings. The van der Waals surface area contributed by atoms with Crippen LogP contribution in [0.4, 0.5) is 0 Å². The van der Waals surface area contributed by atoms with Gasteiger partial charge in [-0.3, -0.25) is 0 Å². The molecular weight excluding hydrogens is 264 g/mol. The SMILES string of the molecule is CCOc1ccccc1-c1ccc(Cl)cc1C(=O)O. The van der Waals surface area contributed by atoms with Crippen molar-refractivity contribution in [1.82, 2.24) is 0 Å². The lowest BCUT2D eigenvalue weighted by Crippen LogP contribution is -2.01. The number of hydrogen-bond acceptors (Lipinski definition) is 2. The van der Waals surface area contributed by atoms with Crippen LogP contribution in [0, 0.1) is 0 Å². The number of para-hydroxylation sites is 1. The first-order valence-corrected chi connectivity index (χ1v) is 6.26. The summed E-state index contributed by atoms with van der Waals surface area (Å²) in [5.41, 5.74) is 1.51. The molecule has 1 N–H and O–H groups in total. The van der Waals surface area contributed by atoms with E-state index in [4.69, 9.17) is 16.3 Å². The zero-order chi connectivity index (χ0) is 13.8. The first-order chi connectivity index (χ1) is 9.13. The zero-order valence-electron chi connectivity index (χ0n) is 10.4. The van der Waals surface area contributed by atoms with E-state index in [0.717, 1.165) is 5.56 Å². The molecule has 2 rings (SSSR count). The molecule has 2 aromatic rings. The second-order valence-electron chi connectivity index (χ2n) is 3.92. The largest absolute Gasteiger partial charge is 0.493 e. The number of carbonyl (C=O) groups is 1. The maximum atomic E-state index is 11.3. The molecule has 0 amide bonds. The third-order valence-corrected chi connectivity index (χ3v) is 2.92. The van der Waals surface area contributed by atoms with Crippen LogP contribution in [0.25, 0.3) is 11.1 Å². The number of hydrogen-bond donors (Lipinski definition) is 1. The second kappa shape index (κ2) is 5.76. The van der Waals surface area contributed by atoms with Gasteiger partial charge in [0.2, 0.25) is 0 Å². The number of aromatic carboxylic acids is 1. The number of carboxylic acid groups (broad SMARTS) is 1. The Bertz CT molecular complexity index is 608. The molecule has 0 saturated carbocycles. The normalized spacial score (nSPS) is 10.2. The van der Waals surface area contributed by atoms with Crippen LogP contribution in [0.5, 0.6) is 5.75 Å². The highest BCUT2D eigenvalue weighted by molar-refractivity contribution is 6.31. The third kappa shape index (κ3) is 2.88. The average molecular weight is 277 g/mol. The monoisotopic (exact) mass is 276 g/mol. The van der Waals surface area contributed by atoms with Gasteiger partial charge in [0, 0.05) is 10.6 Å². The molecule has 2 aromatic carbocycles. The van der Waals surface area contributed by atoms with E-state index in [0.29, 0.717) is 22.9 Å². The lowest BCUT2D eigenvalue weighted by Gasteiger charge is -2.12. The molecule has 0 aromatic heterocycles. The van der Waals surface area contributed by atoms with Crippen molar-refractivity contribution in [2.75, 3.05) is 6.61 Å². The van der Waals surface area contributed by atoms with E-state index in [9.17, 15) is 9.90 Å². The quantitative estimate of drug-likeness (QED) is 0.914. The predicted octanol–water partition coefficient (Wildman–Crippen LogP) is 4.10. The van der Waals surface area contributed by atoms with Gasteiger partial charge in [-0.25, -0.2) is 4.79 Å². The Hall–Kier alpha value is -2.00. The van der Waals surface area contributed by atoms with Crippen LogP contribution >= 0.6 is 11.6 Å². The van der Waals surface area contributed by atoms with Crippen molar-refractivity contribution < 1.29 is 14.6 Å². The number of halogens is 1. The van der Waals surface area contributed by atoms with Crippen LogP contribution in [0.2, 0.25) is 5.02 Å². The maximum Gasteiger partial charge on any atom is 0.336 e. The van der Waals surface area contributed by atoms with Gasteiger partial charge in [-0.05, 0) is 30.7 Å². The van der Waals surface area contributed by atoms with E-state index < -0.39 is 5.97 Å². The van der Waals surface area contributed by atoms with E-state index in [2.05, 4.69) is 0 Å². The van der Waals surface area contributed by atoms with Crippen molar-refractivity contribution in [3.05, 3.63) is 53.1 Å². The Labute approximate surface area is 116 Å². The van der Waals surface area contributed by atoms with Crippen LogP contribution in [0.3, 0.4) is 0 Å². The highest BCUT2D eigenvalue weighted by atomic mass is 35.5. The minimum absolute atomic E-state index is 0.166. The lowest BCUT2D eigenvalue weighted by molar-refractivity contribution is 0.0697. The van der Waals surface area contributed by atoms with E-state index in [1.54, 1.807) is 12.1 Å². The maximum absolute atomic E-state index is 11.3. The van der Waals surface area contributed by atoms with Crippen molar-refractivity contribution in [2.45, 2.75) is 6.92 Å². The molecule has 19 heavy (non-hydrogen) atoms. The van der Waals surface area contributed by atoms with Crippen LogP contribution in [0.1, 0.15) is 17.3 Å². The van der Waals surface area contributed by atoms with E-state index >= 15 is 0 Å². The van der Waals surface area contributed by atoms with Crippen LogP contribution in [0.15, 0.2) is 42.5 Å². The van der Waals surface area contributed by atoms with Gasteiger partial charge < -0.3 is 9.84 Å². The standard InChI is InChI=1S/C15H13ClO3/c1-2-19-14-6-4-3-5-12(14)11-8-7-10(16)9-13(11)15(17)18/h3-9H,2H2,1H3,(H,17,18). The fourth-order valence-corrected chi connectivity index (χ4v) is 2.07. The molecule has 0 atom stereocenters. The molecule has 0 aliphatic carbocycles. The topological polar surface area (TPSA) is 46.5 Å². The van der Waals surface area contributed by atoms with Crippen LogP contribution in [-0.4, -0.2) is 17.7 Å². The molecule has 98 valence electrons. The Morgan fingerprint density at radius 1 is 1.21 bits per heavy atom. The summed E-state index contributed by atoms with van der Waals surface area (Å²) in [5, 5.41) is 9.67. The highest BCUT2D eigenvalue weighted by Crippen LogP contribution is 2.33. The first kappa shape index (κ1) is 13.4. The molecule has 0 saturated heterocycles. The third-order valence-electron chi connectivity index (χ3n) is 2.69. The van der Waals surface area contributed by atoms with Gasteiger partial charge in [-0.2, -0.15) is 0 Å². The summed E-state index contributed by atoms with van der Waals surface area (Å²) in [6, 6.07) is 12.2.